The highest BCUT2D eigenvalue weighted by Crippen LogP contribution is 2.65. The fourth-order valence-corrected chi connectivity index (χ4v) is 5.81. The van der Waals surface area contributed by atoms with Crippen LogP contribution in [-0.4, -0.2) is 83.1 Å². The van der Waals surface area contributed by atoms with Crippen LogP contribution in [0.5, 0.6) is 0 Å². The van der Waals surface area contributed by atoms with E-state index in [1.54, 1.807) is 41.5 Å². The third-order valence-electron chi connectivity index (χ3n) is 8.31. The van der Waals surface area contributed by atoms with Crippen LogP contribution in [0.25, 0.3) is 0 Å². The van der Waals surface area contributed by atoms with Gasteiger partial charge >= 0.3 is 12.0 Å². The number of carbonyl (C=O) groups is 6. The maximum atomic E-state index is 13.9. The first-order valence-corrected chi connectivity index (χ1v) is 14.1. The minimum Gasteiger partial charge on any atom is -0.459 e. The average Bonchev–Trinajstić information content (AvgIpc) is 3.47. The van der Waals surface area contributed by atoms with Gasteiger partial charge in [0.15, 0.2) is 0 Å². The number of ketones is 1. The molecular formula is C28H43F2N5O7. The van der Waals surface area contributed by atoms with Gasteiger partial charge in [-0.25, -0.2) is 13.6 Å². The Morgan fingerprint density at radius 1 is 1.02 bits per heavy atom. The van der Waals surface area contributed by atoms with Crippen LogP contribution in [0.3, 0.4) is 0 Å². The van der Waals surface area contributed by atoms with Crippen LogP contribution >= 0.6 is 0 Å². The zero-order chi connectivity index (χ0) is 32.2. The lowest BCUT2D eigenvalue weighted by Crippen LogP contribution is -2.61. The molecule has 12 nitrogen and oxygen atoms in total. The third-order valence-corrected chi connectivity index (χ3v) is 8.31. The normalized spacial score (nSPS) is 26.7. The van der Waals surface area contributed by atoms with Crippen LogP contribution in [-0.2, 0) is 28.7 Å². The number of nitrogens with zero attached hydrogens (tertiary/aromatic N) is 1. The topological polar surface area (TPSA) is 177 Å². The molecule has 1 heterocycles. The lowest BCUT2D eigenvalue weighted by atomic mass is 9.85. The smallest absolute Gasteiger partial charge is 0.325 e. The Morgan fingerprint density at radius 3 is 2.07 bits per heavy atom. The zero-order valence-corrected chi connectivity index (χ0v) is 25.4. The number of primary amides is 1. The molecule has 2 saturated carbocycles. The van der Waals surface area contributed by atoms with E-state index in [1.807, 2.05) is 13.8 Å². The Balaban J connectivity index is 1.77. The second-order valence-corrected chi connectivity index (χ2v) is 14.3. The van der Waals surface area contributed by atoms with Crippen LogP contribution < -0.4 is 21.7 Å². The summed E-state index contributed by atoms with van der Waals surface area (Å²) >= 11 is 0. The Hall–Kier alpha value is -3.32. The number of urea groups is 1. The molecule has 14 heteroatoms. The maximum absolute atomic E-state index is 13.9. The van der Waals surface area contributed by atoms with E-state index in [9.17, 15) is 37.5 Å². The highest BCUT2D eigenvalue weighted by Gasteiger charge is 2.70. The lowest BCUT2D eigenvalue weighted by Gasteiger charge is -2.37. The molecule has 0 aromatic rings. The molecule has 3 fully saturated rings. The van der Waals surface area contributed by atoms with Gasteiger partial charge < -0.3 is 31.3 Å². The quantitative estimate of drug-likeness (QED) is 0.215. The van der Waals surface area contributed by atoms with Crippen LogP contribution in [0, 0.1) is 28.6 Å². The van der Waals surface area contributed by atoms with Gasteiger partial charge in [0.05, 0.1) is 6.04 Å². The van der Waals surface area contributed by atoms with E-state index < -0.39 is 95.9 Å². The summed E-state index contributed by atoms with van der Waals surface area (Å²) in [6.07, 6.45) is -0.922. The predicted molar refractivity (Wildman–Crippen MR) is 146 cm³/mol. The first-order chi connectivity index (χ1) is 19.0. The number of likely N-dealkylation sites (tertiary alicyclic amines) is 1. The zero-order valence-electron chi connectivity index (χ0n) is 25.4. The first-order valence-electron chi connectivity index (χ1n) is 14.1. The van der Waals surface area contributed by atoms with Crippen LogP contribution in [0.2, 0.25) is 0 Å². The van der Waals surface area contributed by atoms with Gasteiger partial charge in [0, 0.05) is 18.9 Å². The predicted octanol–water partition coefficient (Wildman–Crippen LogP) is 1.11. The average molecular weight is 600 g/mol. The number of halogens is 2. The van der Waals surface area contributed by atoms with E-state index >= 15 is 0 Å². The van der Waals surface area contributed by atoms with Gasteiger partial charge in [-0.3, -0.25) is 24.0 Å². The number of nitrogens with two attached hydrogens (primary N) is 1. The summed E-state index contributed by atoms with van der Waals surface area (Å²) in [6, 6.07) is -4.55. The van der Waals surface area contributed by atoms with Crippen molar-refractivity contribution in [3.8, 4) is 0 Å². The molecule has 0 spiro atoms. The third kappa shape index (κ3) is 7.35. The van der Waals surface area contributed by atoms with Crippen molar-refractivity contribution < 1.29 is 42.3 Å². The largest absolute Gasteiger partial charge is 0.459 e. The van der Waals surface area contributed by atoms with Crippen molar-refractivity contribution in [2.75, 3.05) is 13.1 Å². The number of hydrogen-bond donors (Lipinski definition) is 4. The standard InChI is InChI=1S/C28H43F2N5O7/c1-25(2,3)20(34-24(41)32-11-16(36)42-26(4,5)6)23(40)35-12-14-17(27(14,7)8)18(35)22(39)33-15(19(37)21(31)38)9-13-10-28(13,29)30/h13-15,17-18,20H,9-12H2,1-8H3,(H2,31,38)(H,33,39)(H2,32,34,41)/t13?,14-,15?,17-,18-,20+/m0/s1. The van der Waals surface area contributed by atoms with Crippen LogP contribution in [0.4, 0.5) is 13.6 Å². The molecule has 1 saturated heterocycles. The van der Waals surface area contributed by atoms with Crippen LogP contribution in [0.15, 0.2) is 0 Å². The van der Waals surface area contributed by atoms with E-state index in [1.165, 1.54) is 4.90 Å². The van der Waals surface area contributed by atoms with Gasteiger partial charge in [0.1, 0.15) is 24.2 Å². The van der Waals surface area contributed by atoms with Crippen LogP contribution in [0.1, 0.15) is 68.2 Å². The molecule has 42 heavy (non-hydrogen) atoms. The summed E-state index contributed by atoms with van der Waals surface area (Å²) in [6.45, 7) is 13.8. The highest BCUT2D eigenvalue weighted by atomic mass is 19.3. The Morgan fingerprint density at radius 2 is 1.60 bits per heavy atom. The van der Waals surface area contributed by atoms with Gasteiger partial charge in [-0.15, -0.1) is 0 Å². The number of Topliss-reactive ketones (excluding diaryl/α,β-unsaturated/α-hetero) is 1. The molecule has 6 atom stereocenters. The number of amides is 5. The van der Waals surface area contributed by atoms with E-state index in [-0.39, 0.29) is 23.8 Å². The molecule has 5 amide bonds. The molecule has 5 N–H and O–H groups in total. The summed E-state index contributed by atoms with van der Waals surface area (Å²) in [5.74, 6) is -9.06. The summed E-state index contributed by atoms with van der Waals surface area (Å²) in [7, 11) is 0. The van der Waals surface area contributed by atoms with Crippen molar-refractivity contribution >= 4 is 35.5 Å². The number of alkyl halides is 2. The number of carbonyl (C=O) groups excluding carboxylic acids is 6. The summed E-state index contributed by atoms with van der Waals surface area (Å²) < 4.78 is 32.4. The summed E-state index contributed by atoms with van der Waals surface area (Å²) in [4.78, 5) is 77.7. The number of piperidine rings is 1. The molecular weight excluding hydrogens is 556 g/mol. The molecule has 1 aliphatic heterocycles. The molecule has 0 bridgehead atoms. The number of rotatable bonds is 10. The second kappa shape index (κ2) is 11.1. The fourth-order valence-electron chi connectivity index (χ4n) is 5.81. The van der Waals surface area contributed by atoms with E-state index in [4.69, 9.17) is 10.5 Å². The second-order valence-electron chi connectivity index (χ2n) is 14.3. The maximum Gasteiger partial charge on any atom is 0.325 e. The number of nitrogens with one attached hydrogen (secondary N) is 3. The SMILES string of the molecule is CC(C)(C)OC(=O)CNC(=O)N[C@H](C(=O)N1C[C@H]2[C@@H]([C@H]1C(=O)NC(CC1CC1(F)F)C(=O)C(N)=O)C2(C)C)C(C)(C)C. The number of esters is 1. The van der Waals surface area contributed by atoms with Crippen molar-refractivity contribution in [3.63, 3.8) is 0 Å². The number of hydrogen-bond acceptors (Lipinski definition) is 7. The molecule has 0 aromatic carbocycles. The summed E-state index contributed by atoms with van der Waals surface area (Å²) in [5.41, 5.74) is 3.23. The van der Waals surface area contributed by atoms with E-state index in [2.05, 4.69) is 16.0 Å². The molecule has 2 aliphatic carbocycles. The Bertz CT molecular complexity index is 1160. The monoisotopic (exact) mass is 599 g/mol. The van der Waals surface area contributed by atoms with Crippen molar-refractivity contribution in [1.29, 1.82) is 0 Å². The minimum atomic E-state index is -2.99. The molecule has 3 aliphatic rings. The van der Waals surface area contributed by atoms with E-state index in [0.29, 0.717) is 0 Å². The van der Waals surface area contributed by atoms with Gasteiger partial charge in [-0.1, -0.05) is 34.6 Å². The van der Waals surface area contributed by atoms with Gasteiger partial charge in [0.25, 0.3) is 11.8 Å². The fraction of sp³-hybridized carbons (Fsp3) is 0.786. The van der Waals surface area contributed by atoms with Gasteiger partial charge in [0.2, 0.25) is 17.6 Å². The van der Waals surface area contributed by atoms with Gasteiger partial charge in [-0.05, 0) is 49.9 Å². The highest BCUT2D eigenvalue weighted by molar-refractivity contribution is 6.37. The van der Waals surface area contributed by atoms with Crippen molar-refractivity contribution in [2.24, 2.45) is 34.3 Å². The summed E-state index contributed by atoms with van der Waals surface area (Å²) in [5, 5.41) is 7.41. The number of ether oxygens (including phenoxy) is 1. The molecule has 0 radical (unpaired) electrons. The van der Waals surface area contributed by atoms with Crippen molar-refractivity contribution in [3.05, 3.63) is 0 Å². The van der Waals surface area contributed by atoms with Gasteiger partial charge in [-0.2, -0.15) is 0 Å². The van der Waals surface area contributed by atoms with Crippen molar-refractivity contribution in [1.82, 2.24) is 20.9 Å². The Kier molecular flexibility index (Phi) is 8.74. The molecule has 0 aromatic heterocycles. The van der Waals surface area contributed by atoms with E-state index in [0.717, 1.165) is 0 Å². The van der Waals surface area contributed by atoms with Crippen molar-refractivity contribution in [2.45, 2.75) is 97.9 Å². The first kappa shape index (κ1) is 33.2. The number of fused-ring (bicyclic) bond motifs is 1. The molecule has 3 rings (SSSR count). The lowest BCUT2D eigenvalue weighted by molar-refractivity contribution is -0.153. The molecule has 2 unspecified atom stereocenters. The minimum absolute atomic E-state index is 0.0585. The molecule has 236 valence electrons. The Labute approximate surface area is 244 Å².